The third-order valence-electron chi connectivity index (χ3n) is 5.69. The van der Waals surface area contributed by atoms with Crippen molar-refractivity contribution in [3.05, 3.63) is 57.7 Å². The van der Waals surface area contributed by atoms with Gasteiger partial charge < -0.3 is 14.0 Å². The molecule has 0 radical (unpaired) electrons. The number of aryl methyl sites for hydroxylation is 3. The average Bonchev–Trinajstić information content (AvgIpc) is 2.94. The highest BCUT2D eigenvalue weighted by Crippen LogP contribution is 2.25. The van der Waals surface area contributed by atoms with Crippen LogP contribution in [-0.4, -0.2) is 59.4 Å². The molecular formula is C21H24N4O5S. The molecule has 1 aliphatic heterocycles. The molecule has 4 rings (SSSR count). The second-order valence-corrected chi connectivity index (χ2v) is 9.55. The number of carbonyl (C=O) groups excluding carboxylic acids is 1. The minimum Gasteiger partial charge on any atom is -0.360 e. The van der Waals surface area contributed by atoms with Crippen molar-refractivity contribution in [1.29, 1.82) is 0 Å². The van der Waals surface area contributed by atoms with Crippen LogP contribution < -0.4 is 5.56 Å². The van der Waals surface area contributed by atoms with E-state index in [-0.39, 0.29) is 41.8 Å². The molecule has 164 valence electrons. The quantitative estimate of drug-likeness (QED) is 0.609. The fraction of sp³-hybridized carbons (Fsp3) is 0.381. The first-order chi connectivity index (χ1) is 14.7. The molecule has 1 fully saturated rings. The van der Waals surface area contributed by atoms with E-state index in [2.05, 4.69) is 5.16 Å². The summed E-state index contributed by atoms with van der Waals surface area (Å²) in [5.41, 5.74) is 1.07. The minimum absolute atomic E-state index is 0.0878. The zero-order valence-corrected chi connectivity index (χ0v) is 18.5. The van der Waals surface area contributed by atoms with Crippen molar-refractivity contribution in [2.45, 2.75) is 25.2 Å². The highest BCUT2D eigenvalue weighted by Gasteiger charge is 2.33. The van der Waals surface area contributed by atoms with Gasteiger partial charge in [0, 0.05) is 44.7 Å². The highest BCUT2D eigenvalue weighted by molar-refractivity contribution is 7.89. The van der Waals surface area contributed by atoms with Gasteiger partial charge in [0.05, 0.1) is 11.1 Å². The van der Waals surface area contributed by atoms with Crippen molar-refractivity contribution < 1.29 is 17.7 Å². The molecule has 1 saturated heterocycles. The molecule has 1 aromatic carbocycles. The number of aromatic nitrogens is 2. The molecule has 0 atom stereocenters. The van der Waals surface area contributed by atoms with Gasteiger partial charge in [-0.2, -0.15) is 4.31 Å². The number of nitrogens with zero attached hydrogens (tertiary/aromatic N) is 4. The minimum atomic E-state index is -3.78. The summed E-state index contributed by atoms with van der Waals surface area (Å²) in [5.74, 6) is -0.0215. The maximum Gasteiger partial charge on any atom is 0.254 e. The smallest absolute Gasteiger partial charge is 0.254 e. The lowest BCUT2D eigenvalue weighted by molar-refractivity contribution is 0.0766. The topological polar surface area (TPSA) is 106 Å². The van der Waals surface area contributed by atoms with E-state index in [9.17, 15) is 18.0 Å². The summed E-state index contributed by atoms with van der Waals surface area (Å²) in [7, 11) is -2.11. The number of amides is 1. The third kappa shape index (κ3) is 3.66. The van der Waals surface area contributed by atoms with Crippen LogP contribution in [0.15, 0.2) is 44.5 Å². The Kier molecular flexibility index (Phi) is 5.44. The van der Waals surface area contributed by atoms with Crippen LogP contribution in [0.5, 0.6) is 0 Å². The predicted molar refractivity (Wildman–Crippen MR) is 114 cm³/mol. The van der Waals surface area contributed by atoms with Crippen LogP contribution in [0.4, 0.5) is 0 Å². The number of hydrogen-bond acceptors (Lipinski definition) is 6. The van der Waals surface area contributed by atoms with Gasteiger partial charge >= 0.3 is 0 Å². The summed E-state index contributed by atoms with van der Waals surface area (Å²) >= 11 is 0. The van der Waals surface area contributed by atoms with Gasteiger partial charge in [-0.05, 0) is 26.3 Å². The number of benzene rings is 1. The van der Waals surface area contributed by atoms with Crippen LogP contribution >= 0.6 is 0 Å². The van der Waals surface area contributed by atoms with E-state index in [0.717, 1.165) is 0 Å². The van der Waals surface area contributed by atoms with Gasteiger partial charge in [-0.1, -0.05) is 23.4 Å². The molecule has 31 heavy (non-hydrogen) atoms. The van der Waals surface area contributed by atoms with Crippen molar-refractivity contribution in [3.63, 3.8) is 0 Å². The van der Waals surface area contributed by atoms with E-state index >= 15 is 0 Å². The van der Waals surface area contributed by atoms with E-state index in [0.29, 0.717) is 35.1 Å². The maximum absolute atomic E-state index is 13.3. The van der Waals surface area contributed by atoms with Crippen molar-refractivity contribution >= 4 is 26.8 Å². The average molecular weight is 445 g/mol. The lowest BCUT2D eigenvalue weighted by atomic mass is 10.1. The molecule has 0 bridgehead atoms. The van der Waals surface area contributed by atoms with Gasteiger partial charge in [-0.25, -0.2) is 8.42 Å². The van der Waals surface area contributed by atoms with Gasteiger partial charge in [0.25, 0.3) is 11.5 Å². The van der Waals surface area contributed by atoms with Crippen LogP contribution in [0.1, 0.15) is 28.2 Å². The number of rotatable bonds is 3. The third-order valence-corrected chi connectivity index (χ3v) is 7.84. The zero-order valence-electron chi connectivity index (χ0n) is 17.7. The van der Waals surface area contributed by atoms with E-state index in [1.807, 2.05) is 18.2 Å². The lowest BCUT2D eigenvalue weighted by Crippen LogP contribution is -2.38. The molecule has 0 spiro atoms. The van der Waals surface area contributed by atoms with Gasteiger partial charge in [0.2, 0.25) is 10.0 Å². The second-order valence-electron chi connectivity index (χ2n) is 7.68. The maximum atomic E-state index is 13.3. The Labute approximate surface area is 179 Å². The Morgan fingerprint density at radius 1 is 1.10 bits per heavy atom. The van der Waals surface area contributed by atoms with E-state index in [1.54, 1.807) is 31.9 Å². The Balaban J connectivity index is 1.62. The molecule has 3 aromatic rings. The molecule has 3 heterocycles. The van der Waals surface area contributed by atoms with Gasteiger partial charge in [0.1, 0.15) is 10.6 Å². The number of fused-ring (bicyclic) bond motifs is 1. The van der Waals surface area contributed by atoms with Crippen LogP contribution in [0.2, 0.25) is 0 Å². The Bertz CT molecular complexity index is 1310. The van der Waals surface area contributed by atoms with Crippen LogP contribution in [0, 0.1) is 13.8 Å². The number of hydrogen-bond donors (Lipinski definition) is 0. The summed E-state index contributed by atoms with van der Waals surface area (Å²) in [4.78, 5) is 27.4. The molecule has 1 aliphatic rings. The molecule has 9 nitrogen and oxygen atoms in total. The summed E-state index contributed by atoms with van der Waals surface area (Å²) in [6.07, 6.45) is 0.483. The Morgan fingerprint density at radius 3 is 2.55 bits per heavy atom. The molecule has 0 saturated carbocycles. The van der Waals surface area contributed by atoms with E-state index < -0.39 is 10.0 Å². The largest absolute Gasteiger partial charge is 0.360 e. The van der Waals surface area contributed by atoms with Crippen LogP contribution in [0.25, 0.3) is 10.9 Å². The molecular weight excluding hydrogens is 420 g/mol. The summed E-state index contributed by atoms with van der Waals surface area (Å²) in [5, 5.41) is 4.44. The summed E-state index contributed by atoms with van der Waals surface area (Å²) in [6.45, 7) is 4.23. The molecule has 0 N–H and O–H groups in total. The monoisotopic (exact) mass is 444 g/mol. The standard InChI is InChI=1S/C21H24N4O5S/c1-14-20(15(2)30-22-14)31(28,29)25-10-6-9-24(11-12-25)21(27)17-13-19(26)23(3)18-8-5-4-7-16(17)18/h4-5,7-8,13H,6,9-12H2,1-3H3. The predicted octanol–water partition coefficient (Wildman–Crippen LogP) is 1.68. The molecule has 0 unspecified atom stereocenters. The van der Waals surface area contributed by atoms with Crippen molar-refractivity contribution in [2.75, 3.05) is 26.2 Å². The first-order valence-electron chi connectivity index (χ1n) is 10.0. The Morgan fingerprint density at radius 2 is 1.84 bits per heavy atom. The SMILES string of the molecule is Cc1noc(C)c1S(=O)(=O)N1CCCN(C(=O)c2cc(=O)n(C)c3ccccc23)CC1. The molecule has 1 amide bonds. The van der Waals surface area contributed by atoms with Crippen molar-refractivity contribution in [1.82, 2.24) is 18.9 Å². The zero-order chi connectivity index (χ0) is 22.3. The molecule has 10 heteroatoms. The number of carbonyl (C=O) groups is 1. The van der Waals surface area contributed by atoms with Gasteiger partial charge in [-0.3, -0.25) is 9.59 Å². The Hall–Kier alpha value is -2.98. The molecule has 0 aliphatic carbocycles. The first kappa shape index (κ1) is 21.3. The van der Waals surface area contributed by atoms with Crippen molar-refractivity contribution in [3.8, 4) is 0 Å². The first-order valence-corrected chi connectivity index (χ1v) is 11.5. The number of para-hydroxylation sites is 1. The van der Waals surface area contributed by atoms with Crippen LogP contribution in [-0.2, 0) is 17.1 Å². The van der Waals surface area contributed by atoms with Gasteiger partial charge in [0.15, 0.2) is 5.76 Å². The van der Waals surface area contributed by atoms with Gasteiger partial charge in [-0.15, -0.1) is 0 Å². The molecule has 2 aromatic heterocycles. The van der Waals surface area contributed by atoms with E-state index in [4.69, 9.17) is 4.52 Å². The number of pyridine rings is 1. The lowest BCUT2D eigenvalue weighted by Gasteiger charge is -2.22. The summed E-state index contributed by atoms with van der Waals surface area (Å²) < 4.78 is 34.2. The number of sulfonamides is 1. The van der Waals surface area contributed by atoms with Crippen LogP contribution in [0.3, 0.4) is 0 Å². The van der Waals surface area contributed by atoms with Crippen molar-refractivity contribution in [2.24, 2.45) is 7.05 Å². The highest BCUT2D eigenvalue weighted by atomic mass is 32.2. The fourth-order valence-corrected chi connectivity index (χ4v) is 5.83. The normalized spacial score (nSPS) is 15.9. The van der Waals surface area contributed by atoms with E-state index in [1.165, 1.54) is 14.9 Å². The fourth-order valence-electron chi connectivity index (χ4n) is 4.07. The summed E-state index contributed by atoms with van der Waals surface area (Å²) in [6, 6.07) is 8.61. The second kappa shape index (κ2) is 7.93.